The van der Waals surface area contributed by atoms with Gasteiger partial charge in [0.1, 0.15) is 0 Å². The first kappa shape index (κ1) is 15.4. The minimum Gasteiger partial charge on any atom is -0.269 e. The highest BCUT2D eigenvalue weighted by atomic mass is 79.9. The number of hydrogen-bond acceptors (Lipinski definition) is 3. The Morgan fingerprint density at radius 3 is 2.45 bits per heavy atom. The maximum atomic E-state index is 12.5. The average molecular weight is 356 g/mol. The molecule has 0 bridgehead atoms. The SMILES string of the molecule is CCC(CC)(CBr)Cn1c(=O)sc2ccccc2c1=O. The third kappa shape index (κ3) is 2.74. The molecule has 2 aromatic rings. The Kier molecular flexibility index (Phi) is 4.81. The Bertz CT molecular complexity index is 707. The van der Waals surface area contributed by atoms with E-state index in [1.807, 2.05) is 18.2 Å². The van der Waals surface area contributed by atoms with Crippen molar-refractivity contribution in [2.45, 2.75) is 33.2 Å². The maximum Gasteiger partial charge on any atom is 0.310 e. The van der Waals surface area contributed by atoms with Gasteiger partial charge in [-0.2, -0.15) is 0 Å². The fourth-order valence-corrected chi connectivity index (χ4v) is 4.11. The molecule has 2 rings (SSSR count). The van der Waals surface area contributed by atoms with E-state index in [2.05, 4.69) is 29.8 Å². The van der Waals surface area contributed by atoms with E-state index >= 15 is 0 Å². The van der Waals surface area contributed by atoms with Crippen molar-refractivity contribution in [2.24, 2.45) is 5.41 Å². The molecule has 0 N–H and O–H groups in total. The highest BCUT2D eigenvalue weighted by Crippen LogP contribution is 2.30. The first-order chi connectivity index (χ1) is 9.56. The number of benzene rings is 1. The summed E-state index contributed by atoms with van der Waals surface area (Å²) in [5.74, 6) is 0. The summed E-state index contributed by atoms with van der Waals surface area (Å²) in [6, 6.07) is 7.30. The van der Waals surface area contributed by atoms with Crippen molar-refractivity contribution in [3.63, 3.8) is 0 Å². The lowest BCUT2D eigenvalue weighted by Gasteiger charge is -2.29. The molecule has 0 radical (unpaired) electrons. The molecular formula is C15H18BrNO2S. The molecular weight excluding hydrogens is 338 g/mol. The van der Waals surface area contributed by atoms with Gasteiger partial charge >= 0.3 is 4.87 Å². The maximum absolute atomic E-state index is 12.5. The van der Waals surface area contributed by atoms with Crippen molar-refractivity contribution in [2.75, 3.05) is 5.33 Å². The fraction of sp³-hybridized carbons (Fsp3) is 0.467. The van der Waals surface area contributed by atoms with Crippen molar-refractivity contribution in [3.8, 4) is 0 Å². The van der Waals surface area contributed by atoms with E-state index in [-0.39, 0.29) is 15.8 Å². The summed E-state index contributed by atoms with van der Waals surface area (Å²) in [6.07, 6.45) is 1.86. The predicted octanol–water partition coefficient (Wildman–Crippen LogP) is 3.62. The lowest BCUT2D eigenvalue weighted by atomic mass is 9.84. The fourth-order valence-electron chi connectivity index (χ4n) is 2.29. The molecule has 0 spiro atoms. The molecule has 0 atom stereocenters. The van der Waals surface area contributed by atoms with E-state index < -0.39 is 0 Å². The second kappa shape index (κ2) is 6.22. The molecule has 0 saturated heterocycles. The van der Waals surface area contributed by atoms with Gasteiger partial charge in [0.2, 0.25) is 0 Å². The molecule has 0 amide bonds. The third-order valence-corrected chi connectivity index (χ3v) is 6.22. The van der Waals surface area contributed by atoms with E-state index in [9.17, 15) is 9.59 Å². The number of rotatable bonds is 5. The molecule has 5 heteroatoms. The second-order valence-electron chi connectivity index (χ2n) is 5.10. The summed E-state index contributed by atoms with van der Waals surface area (Å²) in [7, 11) is 0. The minimum absolute atomic E-state index is 0.0435. The van der Waals surface area contributed by atoms with Gasteiger partial charge in [-0.1, -0.05) is 53.2 Å². The zero-order chi connectivity index (χ0) is 14.8. The van der Waals surface area contributed by atoms with Crippen molar-refractivity contribution in [1.82, 2.24) is 4.57 Å². The molecule has 0 aliphatic rings. The number of hydrogen-bond donors (Lipinski definition) is 0. The van der Waals surface area contributed by atoms with Crippen LogP contribution in [-0.4, -0.2) is 9.90 Å². The zero-order valence-corrected chi connectivity index (χ0v) is 14.1. The Hall–Kier alpha value is -0.940. The number of aromatic nitrogens is 1. The number of alkyl halides is 1. The summed E-state index contributed by atoms with van der Waals surface area (Å²) in [5.41, 5.74) is -0.213. The van der Waals surface area contributed by atoms with Gasteiger partial charge < -0.3 is 0 Å². The summed E-state index contributed by atoms with van der Waals surface area (Å²) in [5, 5.41) is 1.42. The Morgan fingerprint density at radius 2 is 1.85 bits per heavy atom. The first-order valence-corrected chi connectivity index (χ1v) is 8.69. The van der Waals surface area contributed by atoms with E-state index in [0.29, 0.717) is 11.9 Å². The summed E-state index contributed by atoms with van der Waals surface area (Å²) in [4.78, 5) is 24.6. The van der Waals surface area contributed by atoms with Gasteiger partial charge in [0.25, 0.3) is 5.56 Å². The quantitative estimate of drug-likeness (QED) is 0.768. The van der Waals surface area contributed by atoms with Crippen LogP contribution in [0.4, 0.5) is 0 Å². The smallest absolute Gasteiger partial charge is 0.269 e. The molecule has 3 nitrogen and oxygen atoms in total. The zero-order valence-electron chi connectivity index (χ0n) is 11.7. The van der Waals surface area contributed by atoms with E-state index in [1.165, 1.54) is 4.57 Å². The van der Waals surface area contributed by atoms with Crippen molar-refractivity contribution in [3.05, 3.63) is 44.3 Å². The van der Waals surface area contributed by atoms with Crippen LogP contribution in [0.3, 0.4) is 0 Å². The van der Waals surface area contributed by atoms with Gasteiger partial charge in [0.05, 0.1) is 5.39 Å². The van der Waals surface area contributed by atoms with Gasteiger partial charge in [-0.3, -0.25) is 14.2 Å². The average Bonchev–Trinajstić information content (AvgIpc) is 2.48. The van der Waals surface area contributed by atoms with Crippen LogP contribution in [0.15, 0.2) is 33.9 Å². The van der Waals surface area contributed by atoms with Crippen LogP contribution in [0.2, 0.25) is 0 Å². The molecule has 20 heavy (non-hydrogen) atoms. The Morgan fingerprint density at radius 1 is 1.20 bits per heavy atom. The number of fused-ring (bicyclic) bond motifs is 1. The molecule has 0 fully saturated rings. The second-order valence-corrected chi connectivity index (χ2v) is 6.65. The van der Waals surface area contributed by atoms with Gasteiger partial charge in [-0.25, -0.2) is 0 Å². The molecule has 0 aliphatic heterocycles. The molecule has 108 valence electrons. The highest BCUT2D eigenvalue weighted by Gasteiger charge is 2.27. The normalized spacial score (nSPS) is 11.9. The van der Waals surface area contributed by atoms with Gasteiger partial charge in [0.15, 0.2) is 0 Å². The van der Waals surface area contributed by atoms with Crippen molar-refractivity contribution >= 4 is 37.4 Å². The molecule has 0 saturated carbocycles. The van der Waals surface area contributed by atoms with Crippen LogP contribution in [0.5, 0.6) is 0 Å². The highest BCUT2D eigenvalue weighted by molar-refractivity contribution is 9.09. The summed E-state index contributed by atoms with van der Waals surface area (Å²) in [6.45, 7) is 4.68. The molecule has 0 unspecified atom stereocenters. The van der Waals surface area contributed by atoms with Crippen LogP contribution in [0.25, 0.3) is 10.1 Å². The van der Waals surface area contributed by atoms with Crippen LogP contribution in [-0.2, 0) is 6.54 Å². The van der Waals surface area contributed by atoms with Gasteiger partial charge in [-0.15, -0.1) is 0 Å². The van der Waals surface area contributed by atoms with Crippen LogP contribution >= 0.6 is 27.3 Å². The van der Waals surface area contributed by atoms with E-state index in [1.54, 1.807) is 6.07 Å². The van der Waals surface area contributed by atoms with Crippen molar-refractivity contribution in [1.29, 1.82) is 0 Å². The molecule has 1 aromatic carbocycles. The molecule has 0 aliphatic carbocycles. The molecule has 1 heterocycles. The topological polar surface area (TPSA) is 39.1 Å². The van der Waals surface area contributed by atoms with E-state index in [4.69, 9.17) is 0 Å². The summed E-state index contributed by atoms with van der Waals surface area (Å²) < 4.78 is 2.16. The Balaban J connectivity index is 2.61. The van der Waals surface area contributed by atoms with Crippen LogP contribution in [0.1, 0.15) is 26.7 Å². The first-order valence-electron chi connectivity index (χ1n) is 6.75. The van der Waals surface area contributed by atoms with Gasteiger partial charge in [-0.05, 0) is 30.4 Å². The van der Waals surface area contributed by atoms with Gasteiger partial charge in [0, 0.05) is 16.6 Å². The number of halogens is 1. The standard InChI is InChI=1S/C15H18BrNO2S/c1-3-15(4-2,9-16)10-17-13(18)11-7-5-6-8-12(11)20-14(17)19/h5-8H,3-4,9-10H2,1-2H3. The van der Waals surface area contributed by atoms with Crippen molar-refractivity contribution < 1.29 is 0 Å². The molecule has 1 aromatic heterocycles. The van der Waals surface area contributed by atoms with E-state index in [0.717, 1.165) is 34.2 Å². The lowest BCUT2D eigenvalue weighted by molar-refractivity contribution is 0.255. The lowest BCUT2D eigenvalue weighted by Crippen LogP contribution is -2.39. The predicted molar refractivity (Wildman–Crippen MR) is 89.2 cm³/mol. The van der Waals surface area contributed by atoms with Crippen LogP contribution in [0, 0.1) is 5.41 Å². The minimum atomic E-state index is -0.170. The number of nitrogens with zero attached hydrogens (tertiary/aromatic N) is 1. The third-order valence-electron chi connectivity index (χ3n) is 4.06. The van der Waals surface area contributed by atoms with Crippen LogP contribution < -0.4 is 10.4 Å². The summed E-state index contributed by atoms with van der Waals surface area (Å²) >= 11 is 4.68. The largest absolute Gasteiger partial charge is 0.310 e. The Labute approximate surface area is 130 Å². The monoisotopic (exact) mass is 355 g/mol.